The first-order valence-corrected chi connectivity index (χ1v) is 17.9. The zero-order chi connectivity index (χ0) is 23.9. The summed E-state index contributed by atoms with van der Waals surface area (Å²) in [5.74, 6) is 5.15. The molecule has 9 heteroatoms. The van der Waals surface area contributed by atoms with Gasteiger partial charge in [-0.05, 0) is 126 Å². The number of hydrogen-bond acceptors (Lipinski definition) is 2. The molecule has 8 aliphatic rings. The zero-order valence-corrected chi connectivity index (χ0v) is 22.0. The molecule has 2 nitrogen and oxygen atoms in total. The van der Waals surface area contributed by atoms with E-state index in [4.69, 9.17) is 0 Å². The van der Waals surface area contributed by atoms with Crippen molar-refractivity contribution in [1.29, 1.82) is 0 Å². The van der Waals surface area contributed by atoms with Gasteiger partial charge in [-0.3, -0.25) is 0 Å². The molecule has 0 N–H and O–H groups in total. The summed E-state index contributed by atoms with van der Waals surface area (Å²) in [4.78, 5) is 0. The monoisotopic (exact) mass is 509 g/mol. The van der Waals surface area contributed by atoms with Gasteiger partial charge >= 0.3 is 7.25 Å². The average Bonchev–Trinajstić information content (AvgIpc) is 2.63. The van der Waals surface area contributed by atoms with Crippen LogP contribution in [0.1, 0.15) is 77.0 Å². The molecule has 0 spiro atoms. The fourth-order valence-electron chi connectivity index (χ4n) is 10.1. The molecule has 0 aromatic rings. The molecule has 8 aliphatic carbocycles. The Morgan fingerprint density at radius 3 is 0.939 bits per heavy atom. The molecule has 0 aromatic carbocycles. The van der Waals surface area contributed by atoms with Crippen LogP contribution in [0.4, 0.5) is 17.3 Å². The number of rotatable bonds is 5. The van der Waals surface area contributed by atoms with E-state index in [1.807, 2.05) is 0 Å². The lowest BCUT2D eigenvalue weighted by Gasteiger charge is -2.60. The third-order valence-corrected chi connectivity index (χ3v) is 18.6. The van der Waals surface area contributed by atoms with Crippen molar-refractivity contribution in [2.24, 2.45) is 35.5 Å². The fourth-order valence-corrected chi connectivity index (χ4v) is 18.0. The van der Waals surface area contributed by atoms with Crippen LogP contribution < -0.4 is 0 Å². The highest BCUT2D eigenvalue weighted by Gasteiger charge is 2.60. The first-order chi connectivity index (χ1) is 15.2. The molecule has 0 radical (unpaired) electrons. The lowest BCUT2D eigenvalue weighted by molar-refractivity contribution is 0.0324. The maximum Gasteiger partial charge on any atom is 0.673 e. The van der Waals surface area contributed by atoms with Gasteiger partial charge in [0.2, 0.25) is 0 Å². The first kappa shape index (κ1) is 24.9. The second-order valence-corrected chi connectivity index (χ2v) is 20.6. The number of halogens is 4. The van der Waals surface area contributed by atoms with E-state index in [9.17, 15) is 26.4 Å². The van der Waals surface area contributed by atoms with Crippen molar-refractivity contribution in [1.82, 2.24) is 0 Å². The van der Waals surface area contributed by atoms with Crippen LogP contribution in [0.15, 0.2) is 0 Å². The maximum atomic E-state index is 14.2. The minimum atomic E-state index is -6.00. The van der Waals surface area contributed by atoms with Crippen molar-refractivity contribution in [3.05, 3.63) is 0 Å². The molecule has 33 heavy (non-hydrogen) atoms. The Labute approximate surface area is 196 Å². The molecule has 0 heterocycles. The molecule has 0 aliphatic heterocycles. The molecule has 8 rings (SSSR count). The Balaban J connectivity index is 0.000000416. The van der Waals surface area contributed by atoms with Gasteiger partial charge in [0, 0.05) is 22.6 Å². The molecule has 8 saturated carbocycles. The lowest BCUT2D eigenvalue weighted by atomic mass is 9.56. The van der Waals surface area contributed by atoms with Gasteiger partial charge in [-0.25, -0.2) is 0 Å². The Hall–Kier alpha value is 0.245. The molecular weight excluding hydrogens is 469 g/mol. The van der Waals surface area contributed by atoms with Crippen LogP contribution in [-0.4, -0.2) is 43.2 Å². The Morgan fingerprint density at radius 2 is 0.758 bits per heavy atom. The predicted octanol–water partition coefficient (Wildman–Crippen LogP) is 8.21. The summed E-state index contributed by atoms with van der Waals surface area (Å²) < 4.78 is 67.4. The maximum absolute atomic E-state index is 14.2. The van der Waals surface area contributed by atoms with Crippen molar-refractivity contribution < 1.29 is 26.4 Å². The Bertz CT molecular complexity index is 732. The molecule has 0 aromatic heterocycles. The van der Waals surface area contributed by atoms with Crippen LogP contribution in [0.5, 0.6) is 0 Å². The summed E-state index contributed by atoms with van der Waals surface area (Å²) >= 11 is 0. The van der Waals surface area contributed by atoms with E-state index in [1.165, 1.54) is 77.0 Å². The summed E-state index contributed by atoms with van der Waals surface area (Å²) in [5.41, 5.74) is 0. The molecule has 8 fully saturated rings. The van der Waals surface area contributed by atoms with Crippen molar-refractivity contribution in [3.8, 4) is 0 Å². The molecule has 0 amide bonds. The third kappa shape index (κ3) is 4.70. The summed E-state index contributed by atoms with van der Waals surface area (Å²) in [6.45, 7) is 4.28. The second-order valence-electron chi connectivity index (χ2n) is 13.4. The summed E-state index contributed by atoms with van der Waals surface area (Å²) in [7, 11) is -10.5. The van der Waals surface area contributed by atoms with Crippen molar-refractivity contribution in [2.75, 3.05) is 25.7 Å². The third-order valence-electron chi connectivity index (χ3n) is 11.0. The molecular formula is C24H40BF4O2P2-. The van der Waals surface area contributed by atoms with Crippen molar-refractivity contribution in [3.63, 3.8) is 0 Å². The van der Waals surface area contributed by atoms with Crippen LogP contribution in [0.25, 0.3) is 0 Å². The van der Waals surface area contributed by atoms with Gasteiger partial charge in [0.05, 0.1) is 14.3 Å². The van der Waals surface area contributed by atoms with Crippen molar-refractivity contribution in [2.45, 2.75) is 87.4 Å². The normalized spacial score (nSPS) is 48.7. The van der Waals surface area contributed by atoms with E-state index in [2.05, 4.69) is 13.3 Å². The highest BCUT2D eigenvalue weighted by atomic mass is 31.2. The van der Waals surface area contributed by atoms with Crippen LogP contribution in [0.2, 0.25) is 0 Å². The zero-order valence-electron chi connectivity index (χ0n) is 20.2. The van der Waals surface area contributed by atoms with E-state index in [1.54, 1.807) is 0 Å². The molecule has 0 unspecified atom stereocenters. The highest BCUT2D eigenvalue weighted by molar-refractivity contribution is 7.68. The first-order valence-electron chi connectivity index (χ1n) is 13.2. The largest absolute Gasteiger partial charge is 0.673 e. The standard InChI is InChI=1S/C24H40O2P2.BF4/c1-27(25,23-11-17-5-18(12-23)7-19(6-17)13-23)3-4-28(2,26)24-14-20-8-21(15-24)10-22(9-20)16-24;2-1(3,4)5/h17-22H,3-16H2,1-2H3;/q;-1/t17?,18?,19?,20?,21?,22?,23?,24?,27-,28-;/m1./s1. The average molecular weight is 509 g/mol. The van der Waals surface area contributed by atoms with Crippen LogP contribution in [-0.2, 0) is 9.13 Å². The molecule has 190 valence electrons. The van der Waals surface area contributed by atoms with Gasteiger partial charge in [-0.1, -0.05) is 0 Å². The fraction of sp³-hybridized carbons (Fsp3) is 1.00. The van der Waals surface area contributed by atoms with E-state index in [0.717, 1.165) is 47.8 Å². The minimum Gasteiger partial charge on any atom is -0.418 e. The Morgan fingerprint density at radius 1 is 0.576 bits per heavy atom. The quantitative estimate of drug-likeness (QED) is 0.213. The number of hydrogen-bond donors (Lipinski definition) is 0. The molecule has 2 atom stereocenters. The van der Waals surface area contributed by atoms with Gasteiger partial charge in [0.25, 0.3) is 0 Å². The lowest BCUT2D eigenvalue weighted by Crippen LogP contribution is -2.51. The van der Waals surface area contributed by atoms with E-state index < -0.39 is 21.5 Å². The van der Waals surface area contributed by atoms with Crippen LogP contribution >= 0.6 is 14.3 Å². The van der Waals surface area contributed by atoms with Crippen LogP contribution in [0.3, 0.4) is 0 Å². The van der Waals surface area contributed by atoms with Gasteiger partial charge in [-0.15, -0.1) is 0 Å². The van der Waals surface area contributed by atoms with Gasteiger partial charge < -0.3 is 26.4 Å². The molecule has 8 bridgehead atoms. The summed E-state index contributed by atoms with van der Waals surface area (Å²) in [6.07, 6.45) is 17.5. The van der Waals surface area contributed by atoms with Gasteiger partial charge in [0.15, 0.2) is 0 Å². The Kier molecular flexibility index (Phi) is 6.13. The SMILES string of the molecule is C[P@@](=O)(CC[P@@](C)(=O)C12CC3CC(CC(C3)C1)C2)C12CC3CC(CC(C3)C1)C2.F[B-](F)(F)F. The van der Waals surface area contributed by atoms with Crippen molar-refractivity contribution >= 4 is 21.5 Å². The highest BCUT2D eigenvalue weighted by Crippen LogP contribution is 2.75. The smallest absolute Gasteiger partial charge is 0.418 e. The summed E-state index contributed by atoms with van der Waals surface area (Å²) in [6, 6.07) is 0. The second kappa shape index (κ2) is 8.12. The summed E-state index contributed by atoms with van der Waals surface area (Å²) in [5, 5.41) is 0.284. The van der Waals surface area contributed by atoms with Gasteiger partial charge in [0.1, 0.15) is 0 Å². The van der Waals surface area contributed by atoms with Gasteiger partial charge in [-0.2, -0.15) is 0 Å². The topological polar surface area (TPSA) is 34.1 Å². The van der Waals surface area contributed by atoms with E-state index in [-0.39, 0.29) is 10.3 Å². The minimum absolute atomic E-state index is 0.142. The van der Waals surface area contributed by atoms with E-state index >= 15 is 0 Å². The predicted molar refractivity (Wildman–Crippen MR) is 129 cm³/mol. The van der Waals surface area contributed by atoms with E-state index in [0.29, 0.717) is 0 Å². The van der Waals surface area contributed by atoms with Crippen LogP contribution in [0, 0.1) is 35.5 Å². The molecule has 0 saturated heterocycles.